The van der Waals surface area contributed by atoms with E-state index in [-0.39, 0.29) is 32.1 Å². The molecule has 0 atom stereocenters. The Morgan fingerprint density at radius 3 is 2.37 bits per heavy atom. The zero-order valence-electron chi connectivity index (χ0n) is 14.6. The van der Waals surface area contributed by atoms with Crippen LogP contribution >= 0.6 is 11.8 Å². The summed E-state index contributed by atoms with van der Waals surface area (Å²) in [6.07, 6.45) is 1.88. The predicted molar refractivity (Wildman–Crippen MR) is 99.2 cm³/mol. The minimum Gasteiger partial charge on any atom is -0.336 e. The first-order chi connectivity index (χ1) is 12.8. The maximum absolute atomic E-state index is 13.9. The van der Waals surface area contributed by atoms with Gasteiger partial charge in [0.1, 0.15) is 16.5 Å². The average molecular weight is 412 g/mol. The van der Waals surface area contributed by atoms with E-state index < -0.39 is 26.6 Å². The monoisotopic (exact) mass is 412 g/mol. The van der Waals surface area contributed by atoms with E-state index in [1.165, 1.54) is 11.8 Å². The Morgan fingerprint density at radius 1 is 1.04 bits per heavy atom. The van der Waals surface area contributed by atoms with Gasteiger partial charge in [0, 0.05) is 31.1 Å². The second kappa shape index (κ2) is 7.95. The number of hydrogen-bond acceptors (Lipinski definition) is 4. The van der Waals surface area contributed by atoms with Gasteiger partial charge < -0.3 is 4.90 Å². The molecule has 0 spiro atoms. The van der Waals surface area contributed by atoms with Crippen LogP contribution in [0.15, 0.2) is 52.3 Å². The molecule has 1 heterocycles. The van der Waals surface area contributed by atoms with Crippen LogP contribution in [-0.2, 0) is 10.0 Å². The van der Waals surface area contributed by atoms with Gasteiger partial charge in [-0.1, -0.05) is 12.1 Å². The maximum atomic E-state index is 13.9. The highest BCUT2D eigenvalue weighted by atomic mass is 32.2. The SMILES string of the molecule is CSc1ccccc1C(=O)N1CCN(S(=O)(=O)c2cc(F)ccc2F)CC1. The molecule has 0 aromatic heterocycles. The van der Waals surface area contributed by atoms with E-state index in [0.717, 1.165) is 21.3 Å². The van der Waals surface area contributed by atoms with Crippen LogP contribution < -0.4 is 0 Å². The first kappa shape index (κ1) is 19.8. The van der Waals surface area contributed by atoms with Crippen LogP contribution in [0.1, 0.15) is 10.4 Å². The fourth-order valence-electron chi connectivity index (χ4n) is 2.94. The highest BCUT2D eigenvalue weighted by molar-refractivity contribution is 7.98. The lowest BCUT2D eigenvalue weighted by Gasteiger charge is -2.34. The standard InChI is InChI=1S/C18H18F2N2O3S2/c1-26-16-5-3-2-4-14(16)18(23)21-8-10-22(11-9-21)27(24,25)17-12-13(19)6-7-15(17)20/h2-7,12H,8-11H2,1H3. The van der Waals surface area contributed by atoms with Gasteiger partial charge in [0.05, 0.1) is 5.56 Å². The Labute approximate surface area is 161 Å². The smallest absolute Gasteiger partial charge is 0.255 e. The Balaban J connectivity index is 1.75. The van der Waals surface area contributed by atoms with Crippen molar-refractivity contribution in [2.24, 2.45) is 0 Å². The lowest BCUT2D eigenvalue weighted by molar-refractivity contribution is 0.0694. The van der Waals surface area contributed by atoms with Crippen molar-refractivity contribution in [2.75, 3.05) is 32.4 Å². The maximum Gasteiger partial charge on any atom is 0.255 e. The summed E-state index contributed by atoms with van der Waals surface area (Å²) < 4.78 is 53.6. The molecule has 1 aliphatic heterocycles. The van der Waals surface area contributed by atoms with Crippen molar-refractivity contribution in [3.8, 4) is 0 Å². The lowest BCUT2D eigenvalue weighted by Crippen LogP contribution is -2.50. The summed E-state index contributed by atoms with van der Waals surface area (Å²) in [4.78, 5) is 14.5. The van der Waals surface area contributed by atoms with Gasteiger partial charge in [-0.3, -0.25) is 4.79 Å². The number of nitrogens with zero attached hydrogens (tertiary/aromatic N) is 2. The highest BCUT2D eigenvalue weighted by Crippen LogP contribution is 2.24. The fourth-order valence-corrected chi connectivity index (χ4v) is 5.03. The van der Waals surface area contributed by atoms with Crippen LogP contribution in [0.4, 0.5) is 8.78 Å². The summed E-state index contributed by atoms with van der Waals surface area (Å²) >= 11 is 1.46. The third-order valence-corrected chi connectivity index (χ3v) is 7.08. The Kier molecular flexibility index (Phi) is 5.83. The van der Waals surface area contributed by atoms with Gasteiger partial charge >= 0.3 is 0 Å². The van der Waals surface area contributed by atoms with Crippen LogP contribution in [0.25, 0.3) is 0 Å². The molecule has 0 bridgehead atoms. The molecule has 0 unspecified atom stereocenters. The van der Waals surface area contributed by atoms with E-state index in [1.54, 1.807) is 17.0 Å². The van der Waals surface area contributed by atoms with Crippen molar-refractivity contribution < 1.29 is 22.0 Å². The fraction of sp³-hybridized carbons (Fsp3) is 0.278. The third kappa shape index (κ3) is 3.99. The minimum atomic E-state index is -4.17. The van der Waals surface area contributed by atoms with E-state index >= 15 is 0 Å². The second-order valence-electron chi connectivity index (χ2n) is 5.97. The van der Waals surface area contributed by atoms with Crippen LogP contribution in [0, 0.1) is 11.6 Å². The molecule has 1 fully saturated rings. The molecule has 0 aliphatic carbocycles. The van der Waals surface area contributed by atoms with Gasteiger partial charge in [-0.05, 0) is 36.6 Å². The largest absolute Gasteiger partial charge is 0.336 e. The van der Waals surface area contributed by atoms with E-state index in [4.69, 9.17) is 0 Å². The molecular formula is C18H18F2N2O3S2. The quantitative estimate of drug-likeness (QED) is 0.725. The van der Waals surface area contributed by atoms with E-state index in [0.29, 0.717) is 11.6 Å². The number of hydrogen-bond donors (Lipinski definition) is 0. The van der Waals surface area contributed by atoms with Crippen LogP contribution in [0.3, 0.4) is 0 Å². The number of thioether (sulfide) groups is 1. The summed E-state index contributed by atoms with van der Waals surface area (Å²) in [6.45, 7) is 0.395. The van der Waals surface area contributed by atoms with E-state index in [1.807, 2.05) is 18.4 Å². The minimum absolute atomic E-state index is 0.0193. The topological polar surface area (TPSA) is 57.7 Å². The number of carbonyl (C=O) groups excluding carboxylic acids is 1. The van der Waals surface area contributed by atoms with Crippen molar-refractivity contribution in [3.05, 3.63) is 59.7 Å². The third-order valence-electron chi connectivity index (χ3n) is 4.37. The number of rotatable bonds is 4. The van der Waals surface area contributed by atoms with Gasteiger partial charge in [-0.2, -0.15) is 4.31 Å². The molecule has 144 valence electrons. The van der Waals surface area contributed by atoms with Crippen molar-refractivity contribution in [1.82, 2.24) is 9.21 Å². The number of amides is 1. The molecule has 0 saturated carbocycles. The van der Waals surface area contributed by atoms with Gasteiger partial charge in [0.25, 0.3) is 5.91 Å². The van der Waals surface area contributed by atoms with Crippen LogP contribution in [0.2, 0.25) is 0 Å². The Hall–Kier alpha value is -1.97. The molecule has 1 aliphatic rings. The molecule has 9 heteroatoms. The molecule has 2 aromatic carbocycles. The summed E-state index contributed by atoms with van der Waals surface area (Å²) in [5, 5.41) is 0. The van der Waals surface area contributed by atoms with E-state index in [2.05, 4.69) is 0 Å². The lowest BCUT2D eigenvalue weighted by atomic mass is 10.2. The number of carbonyl (C=O) groups is 1. The molecule has 5 nitrogen and oxygen atoms in total. The van der Waals surface area contributed by atoms with Gasteiger partial charge in [-0.25, -0.2) is 17.2 Å². The van der Waals surface area contributed by atoms with Crippen molar-refractivity contribution >= 4 is 27.7 Å². The summed E-state index contributed by atoms with van der Waals surface area (Å²) in [6, 6.07) is 9.55. The first-order valence-electron chi connectivity index (χ1n) is 8.22. The van der Waals surface area contributed by atoms with Gasteiger partial charge in [0.2, 0.25) is 10.0 Å². The zero-order chi connectivity index (χ0) is 19.6. The Morgan fingerprint density at radius 2 is 1.70 bits per heavy atom. The summed E-state index contributed by atoms with van der Waals surface area (Å²) in [7, 11) is -4.17. The number of halogens is 2. The van der Waals surface area contributed by atoms with E-state index in [9.17, 15) is 22.0 Å². The molecule has 27 heavy (non-hydrogen) atoms. The molecule has 3 rings (SSSR count). The van der Waals surface area contributed by atoms with Crippen LogP contribution in [-0.4, -0.2) is 56.0 Å². The number of sulfonamides is 1. The van der Waals surface area contributed by atoms with Crippen molar-refractivity contribution in [3.63, 3.8) is 0 Å². The van der Waals surface area contributed by atoms with Crippen LogP contribution in [0.5, 0.6) is 0 Å². The summed E-state index contributed by atoms with van der Waals surface area (Å²) in [5.74, 6) is -1.99. The molecular weight excluding hydrogens is 394 g/mol. The molecule has 2 aromatic rings. The van der Waals surface area contributed by atoms with Gasteiger partial charge in [-0.15, -0.1) is 11.8 Å². The predicted octanol–water partition coefficient (Wildman–Crippen LogP) is 2.83. The normalized spacial score (nSPS) is 15.7. The summed E-state index contributed by atoms with van der Waals surface area (Å²) in [5.41, 5.74) is 0.567. The second-order valence-corrected chi connectivity index (χ2v) is 8.73. The Bertz CT molecular complexity index is 959. The van der Waals surface area contributed by atoms with Gasteiger partial charge in [0.15, 0.2) is 0 Å². The number of benzene rings is 2. The average Bonchev–Trinajstić information content (AvgIpc) is 2.69. The number of piperazine rings is 1. The zero-order valence-corrected chi connectivity index (χ0v) is 16.2. The molecule has 1 amide bonds. The first-order valence-corrected chi connectivity index (χ1v) is 10.9. The molecule has 0 radical (unpaired) electrons. The van der Waals surface area contributed by atoms with Crippen molar-refractivity contribution in [1.29, 1.82) is 0 Å². The van der Waals surface area contributed by atoms with Crippen molar-refractivity contribution in [2.45, 2.75) is 9.79 Å². The molecule has 0 N–H and O–H groups in total. The highest BCUT2D eigenvalue weighted by Gasteiger charge is 2.32. The molecule has 1 saturated heterocycles.